The fourth-order valence-corrected chi connectivity index (χ4v) is 3.91. The van der Waals surface area contributed by atoms with Gasteiger partial charge in [0.25, 0.3) is 5.91 Å². The van der Waals surface area contributed by atoms with Crippen LogP contribution in [0.1, 0.15) is 57.8 Å². The van der Waals surface area contributed by atoms with Gasteiger partial charge in [-0.25, -0.2) is 0 Å². The van der Waals surface area contributed by atoms with Crippen molar-refractivity contribution in [1.29, 1.82) is 0 Å². The number of aryl methyl sites for hydroxylation is 1. The first-order valence-electron chi connectivity index (χ1n) is 8.29. The van der Waals surface area contributed by atoms with Crippen LogP contribution in [-0.2, 0) is 0 Å². The van der Waals surface area contributed by atoms with Gasteiger partial charge in [-0.2, -0.15) is 0 Å². The summed E-state index contributed by atoms with van der Waals surface area (Å²) in [5.74, 6) is 0.0843. The smallest absolute Gasteiger partial charge is 0.256 e. The van der Waals surface area contributed by atoms with E-state index >= 15 is 0 Å². The number of aromatic amines is 1. The van der Waals surface area contributed by atoms with Crippen molar-refractivity contribution >= 4 is 12.2 Å². The maximum Gasteiger partial charge on any atom is 0.256 e. The quantitative estimate of drug-likeness (QED) is 0.867. The Labute approximate surface area is 131 Å². The summed E-state index contributed by atoms with van der Waals surface area (Å²) in [6, 6.07) is 0.319. The van der Waals surface area contributed by atoms with Gasteiger partial charge >= 0.3 is 0 Å². The first-order valence-corrected chi connectivity index (χ1v) is 8.29. The van der Waals surface area contributed by atoms with Crippen molar-refractivity contribution in [3.05, 3.63) is 22.5 Å². The molecule has 1 amide bonds. The number of likely N-dealkylation sites (tertiary alicyclic amines) is 2. The van der Waals surface area contributed by atoms with Gasteiger partial charge in [-0.05, 0) is 58.2 Å². The fourth-order valence-electron chi connectivity index (χ4n) is 3.91. The Hall–Kier alpha value is -1.62. The average molecular weight is 303 g/mol. The molecule has 22 heavy (non-hydrogen) atoms. The van der Waals surface area contributed by atoms with Crippen LogP contribution in [0.4, 0.5) is 0 Å². The maximum atomic E-state index is 13.0. The van der Waals surface area contributed by atoms with E-state index in [4.69, 9.17) is 0 Å². The molecule has 1 aromatic rings. The zero-order valence-corrected chi connectivity index (χ0v) is 13.5. The Bertz CT molecular complexity index is 573. The Morgan fingerprint density at radius 2 is 1.95 bits per heavy atom. The highest BCUT2D eigenvalue weighted by molar-refractivity contribution is 5.99. The molecule has 120 valence electrons. The van der Waals surface area contributed by atoms with Crippen LogP contribution in [0, 0.1) is 13.8 Å². The highest BCUT2D eigenvalue weighted by atomic mass is 16.2. The largest absolute Gasteiger partial charge is 0.356 e. The molecule has 3 heterocycles. The lowest BCUT2D eigenvalue weighted by Gasteiger charge is -2.28. The van der Waals surface area contributed by atoms with Crippen LogP contribution < -0.4 is 0 Å². The van der Waals surface area contributed by atoms with Gasteiger partial charge in [0, 0.05) is 24.8 Å². The Morgan fingerprint density at radius 3 is 2.59 bits per heavy atom. The van der Waals surface area contributed by atoms with E-state index in [1.165, 1.54) is 12.8 Å². The molecule has 0 aliphatic carbocycles. The number of hydrogen-bond acceptors (Lipinski definition) is 3. The first kappa shape index (κ1) is 15.3. The van der Waals surface area contributed by atoms with E-state index in [0.717, 1.165) is 56.6 Å². The van der Waals surface area contributed by atoms with Crippen LogP contribution in [-0.4, -0.2) is 59.2 Å². The fraction of sp³-hybridized carbons (Fsp3) is 0.647. The second-order valence-electron chi connectivity index (χ2n) is 6.58. The number of rotatable bonds is 4. The lowest BCUT2D eigenvalue weighted by Crippen LogP contribution is -2.42. The van der Waals surface area contributed by atoms with Crippen LogP contribution in [0.25, 0.3) is 0 Å². The summed E-state index contributed by atoms with van der Waals surface area (Å²) in [6.45, 7) is 7.88. The number of aromatic nitrogens is 1. The average Bonchev–Trinajstić information content (AvgIpc) is 3.21. The lowest BCUT2D eigenvalue weighted by molar-refractivity contribution is 0.0707. The van der Waals surface area contributed by atoms with Crippen LogP contribution in [0.15, 0.2) is 0 Å². The van der Waals surface area contributed by atoms with E-state index in [1.54, 1.807) is 0 Å². The number of hydrogen-bond donors (Lipinski definition) is 1. The molecule has 2 aliphatic rings. The zero-order chi connectivity index (χ0) is 15.7. The van der Waals surface area contributed by atoms with E-state index in [2.05, 4.69) is 9.88 Å². The molecule has 5 heteroatoms. The zero-order valence-electron chi connectivity index (χ0n) is 13.5. The van der Waals surface area contributed by atoms with Gasteiger partial charge < -0.3 is 14.8 Å². The molecule has 2 fully saturated rings. The van der Waals surface area contributed by atoms with E-state index < -0.39 is 0 Å². The molecule has 0 aromatic carbocycles. The molecule has 3 rings (SSSR count). The molecular weight excluding hydrogens is 278 g/mol. The van der Waals surface area contributed by atoms with Crippen molar-refractivity contribution in [2.45, 2.75) is 45.6 Å². The minimum Gasteiger partial charge on any atom is -0.356 e. The predicted octanol–water partition coefficient (Wildman–Crippen LogP) is 2.14. The number of nitrogens with zero attached hydrogens (tertiary/aromatic N) is 2. The molecule has 0 radical (unpaired) electrons. The normalized spacial score (nSPS) is 22.5. The van der Waals surface area contributed by atoms with E-state index in [9.17, 15) is 9.59 Å². The van der Waals surface area contributed by atoms with Gasteiger partial charge in [-0.3, -0.25) is 9.59 Å². The second-order valence-corrected chi connectivity index (χ2v) is 6.58. The van der Waals surface area contributed by atoms with Crippen LogP contribution in [0.5, 0.6) is 0 Å². The van der Waals surface area contributed by atoms with Crippen LogP contribution >= 0.6 is 0 Å². The second kappa shape index (κ2) is 6.24. The Morgan fingerprint density at radius 1 is 1.23 bits per heavy atom. The number of nitrogens with one attached hydrogen (secondary N) is 1. The summed E-state index contributed by atoms with van der Waals surface area (Å²) >= 11 is 0. The number of carbonyl (C=O) groups is 2. The number of aldehydes is 1. The van der Waals surface area contributed by atoms with Gasteiger partial charge in [0.1, 0.15) is 0 Å². The van der Waals surface area contributed by atoms with Crippen LogP contribution in [0.2, 0.25) is 0 Å². The summed E-state index contributed by atoms with van der Waals surface area (Å²) in [6.07, 6.45) is 5.52. The summed E-state index contributed by atoms with van der Waals surface area (Å²) < 4.78 is 0. The van der Waals surface area contributed by atoms with Crippen molar-refractivity contribution in [3.8, 4) is 0 Å². The topological polar surface area (TPSA) is 56.4 Å². The van der Waals surface area contributed by atoms with Crippen LogP contribution in [0.3, 0.4) is 0 Å². The minimum absolute atomic E-state index is 0.0843. The number of carbonyl (C=O) groups excluding carboxylic acids is 2. The van der Waals surface area contributed by atoms with Gasteiger partial charge in [-0.1, -0.05) is 0 Å². The van der Waals surface area contributed by atoms with Crippen molar-refractivity contribution in [2.75, 3.05) is 26.2 Å². The molecular formula is C17H25N3O2. The van der Waals surface area contributed by atoms with Crippen molar-refractivity contribution in [3.63, 3.8) is 0 Å². The van der Waals surface area contributed by atoms with Gasteiger partial charge in [0.2, 0.25) is 0 Å². The van der Waals surface area contributed by atoms with Gasteiger partial charge in [-0.15, -0.1) is 0 Å². The summed E-state index contributed by atoms with van der Waals surface area (Å²) in [5, 5.41) is 0. The Kier molecular flexibility index (Phi) is 4.34. The molecule has 1 atom stereocenters. The van der Waals surface area contributed by atoms with Gasteiger partial charge in [0.05, 0.1) is 11.3 Å². The minimum atomic E-state index is 0.0843. The third-order valence-corrected chi connectivity index (χ3v) is 5.11. The lowest BCUT2D eigenvalue weighted by atomic mass is 10.1. The van der Waals surface area contributed by atoms with Gasteiger partial charge in [0.15, 0.2) is 6.29 Å². The summed E-state index contributed by atoms with van der Waals surface area (Å²) in [4.78, 5) is 31.6. The highest BCUT2D eigenvalue weighted by Gasteiger charge is 2.33. The molecule has 0 saturated carbocycles. The molecule has 1 unspecified atom stereocenters. The standard InChI is InChI=1S/C17H25N3O2/c1-12-15(11-21)18-13(2)16(12)17(22)20-9-5-6-14(20)10-19-7-3-4-8-19/h11,14,18H,3-10H2,1-2H3. The maximum absolute atomic E-state index is 13.0. The summed E-state index contributed by atoms with van der Waals surface area (Å²) in [7, 11) is 0. The molecule has 5 nitrogen and oxygen atoms in total. The van der Waals surface area contributed by atoms with E-state index in [-0.39, 0.29) is 5.91 Å². The summed E-state index contributed by atoms with van der Waals surface area (Å²) in [5.41, 5.74) is 2.80. The third-order valence-electron chi connectivity index (χ3n) is 5.11. The molecule has 1 N–H and O–H groups in total. The van der Waals surface area contributed by atoms with E-state index in [0.29, 0.717) is 17.3 Å². The highest BCUT2D eigenvalue weighted by Crippen LogP contribution is 2.26. The molecule has 0 spiro atoms. The number of amides is 1. The third kappa shape index (κ3) is 2.70. The monoisotopic (exact) mass is 303 g/mol. The number of H-pyrrole nitrogens is 1. The SMILES string of the molecule is Cc1[nH]c(C=O)c(C)c1C(=O)N1CCCC1CN1CCCC1. The van der Waals surface area contributed by atoms with Crippen molar-refractivity contribution < 1.29 is 9.59 Å². The van der Waals surface area contributed by atoms with Crippen molar-refractivity contribution in [1.82, 2.24) is 14.8 Å². The molecule has 0 bridgehead atoms. The molecule has 2 saturated heterocycles. The first-order chi connectivity index (χ1) is 10.6. The molecule has 2 aliphatic heterocycles. The van der Waals surface area contributed by atoms with E-state index in [1.807, 2.05) is 18.7 Å². The Balaban J connectivity index is 1.78. The van der Waals surface area contributed by atoms with Crippen molar-refractivity contribution in [2.24, 2.45) is 0 Å². The predicted molar refractivity (Wildman–Crippen MR) is 85.4 cm³/mol. The molecule has 1 aromatic heterocycles.